The summed E-state index contributed by atoms with van der Waals surface area (Å²) in [5, 5.41) is 1.72. The fourth-order valence-electron chi connectivity index (χ4n) is 7.82. The third-order valence-electron chi connectivity index (χ3n) is 10.5. The van der Waals surface area contributed by atoms with E-state index in [0.717, 1.165) is 101 Å². The second-order valence-corrected chi connectivity index (χ2v) is 14.4. The van der Waals surface area contributed by atoms with Crippen molar-refractivity contribution in [2.24, 2.45) is 0 Å². The van der Waals surface area contributed by atoms with Crippen LogP contribution >= 0.6 is 34.8 Å². The molecule has 0 N–H and O–H groups in total. The highest BCUT2D eigenvalue weighted by Crippen LogP contribution is 2.42. The van der Waals surface area contributed by atoms with E-state index in [1.807, 2.05) is 47.4 Å². The van der Waals surface area contributed by atoms with Crippen LogP contribution in [0, 0.1) is 0 Å². The maximum Gasteiger partial charge on any atom is 0.233 e. The molecule has 5 nitrogen and oxygen atoms in total. The van der Waals surface area contributed by atoms with Crippen LogP contribution in [0.4, 0.5) is 0 Å². The van der Waals surface area contributed by atoms with E-state index in [2.05, 4.69) is 40.1 Å². The number of halogens is 3. The van der Waals surface area contributed by atoms with E-state index in [9.17, 15) is 9.59 Å². The molecule has 6 rings (SSSR count). The molecule has 3 saturated heterocycles. The van der Waals surface area contributed by atoms with Gasteiger partial charge in [0.1, 0.15) is 0 Å². The smallest absolute Gasteiger partial charge is 0.233 e. The zero-order valence-electron chi connectivity index (χ0n) is 25.8. The summed E-state index contributed by atoms with van der Waals surface area (Å²) in [7, 11) is 0. The fourth-order valence-corrected chi connectivity index (χ4v) is 8.34. The SMILES string of the molecule is O=C(Cc1cccc(Cl)c1)N1CCCC(CCN2CCC(C(=O)N3CCCC3)(c3ccccc3)CC2)(c2ccc(Cl)c(Cl)c2)C1. The van der Waals surface area contributed by atoms with Gasteiger partial charge in [-0.05, 0) is 106 Å². The van der Waals surface area contributed by atoms with Gasteiger partial charge in [-0.3, -0.25) is 9.59 Å². The molecule has 0 spiro atoms. The molecule has 3 aliphatic heterocycles. The zero-order chi connectivity index (χ0) is 31.4. The molecule has 8 heteroatoms. The molecule has 0 bridgehead atoms. The summed E-state index contributed by atoms with van der Waals surface area (Å²) >= 11 is 19.1. The van der Waals surface area contributed by atoms with Crippen molar-refractivity contribution in [3.8, 4) is 0 Å². The lowest BCUT2D eigenvalue weighted by atomic mass is 9.70. The molecule has 0 saturated carbocycles. The first-order valence-electron chi connectivity index (χ1n) is 16.3. The Balaban J connectivity index is 1.19. The number of carbonyl (C=O) groups is 2. The fraction of sp³-hybridized carbons (Fsp3) is 0.459. The molecular weight excluding hydrogens is 625 g/mol. The molecule has 3 heterocycles. The number of likely N-dealkylation sites (tertiary alicyclic amines) is 3. The molecule has 1 unspecified atom stereocenters. The maximum absolute atomic E-state index is 14.0. The van der Waals surface area contributed by atoms with Gasteiger partial charge >= 0.3 is 0 Å². The summed E-state index contributed by atoms with van der Waals surface area (Å²) in [5.74, 6) is 0.423. The topological polar surface area (TPSA) is 43.9 Å². The Kier molecular flexibility index (Phi) is 10.1. The minimum atomic E-state index is -0.460. The van der Waals surface area contributed by atoms with Crippen molar-refractivity contribution < 1.29 is 9.59 Å². The van der Waals surface area contributed by atoms with Crippen molar-refractivity contribution in [1.29, 1.82) is 0 Å². The van der Waals surface area contributed by atoms with Crippen molar-refractivity contribution >= 4 is 46.6 Å². The number of benzene rings is 3. The molecule has 2 amide bonds. The average Bonchev–Trinajstić information content (AvgIpc) is 3.61. The minimum Gasteiger partial charge on any atom is -0.342 e. The predicted molar refractivity (Wildman–Crippen MR) is 183 cm³/mol. The van der Waals surface area contributed by atoms with Crippen LogP contribution in [-0.4, -0.2) is 72.3 Å². The highest BCUT2D eigenvalue weighted by Gasteiger charge is 2.46. The molecule has 238 valence electrons. The van der Waals surface area contributed by atoms with E-state index in [1.54, 1.807) is 0 Å². The summed E-state index contributed by atoms with van der Waals surface area (Å²) in [6, 6.07) is 24.0. The van der Waals surface area contributed by atoms with Crippen molar-refractivity contribution in [1.82, 2.24) is 14.7 Å². The lowest BCUT2D eigenvalue weighted by Crippen LogP contribution is -2.54. The quantitative estimate of drug-likeness (QED) is 0.247. The van der Waals surface area contributed by atoms with Crippen LogP contribution in [0.2, 0.25) is 15.1 Å². The maximum atomic E-state index is 14.0. The minimum absolute atomic E-state index is 0.118. The standard InChI is InChI=1S/C37H42Cl3N3O2/c38-31-11-6-8-28(24-31)25-34(44)43-20-7-14-36(27-43,30-12-13-32(39)33(40)26-30)15-21-41-22-16-37(17-23-41,29-9-2-1-3-10-29)35(45)42-18-4-5-19-42/h1-3,6,8-13,24,26H,4-5,7,14-23,25,27H2. The number of rotatable bonds is 8. The van der Waals surface area contributed by atoms with Gasteiger partial charge in [0, 0.05) is 36.6 Å². The second kappa shape index (κ2) is 14.0. The first-order chi connectivity index (χ1) is 21.8. The lowest BCUT2D eigenvalue weighted by molar-refractivity contribution is -0.138. The van der Waals surface area contributed by atoms with E-state index in [0.29, 0.717) is 33.9 Å². The number of amides is 2. The van der Waals surface area contributed by atoms with Crippen molar-refractivity contribution in [3.05, 3.63) is 105 Å². The van der Waals surface area contributed by atoms with Crippen LogP contribution in [0.15, 0.2) is 72.8 Å². The summed E-state index contributed by atoms with van der Waals surface area (Å²) < 4.78 is 0. The Morgan fingerprint density at radius 1 is 0.689 bits per heavy atom. The molecule has 0 radical (unpaired) electrons. The third-order valence-corrected chi connectivity index (χ3v) is 11.4. The van der Waals surface area contributed by atoms with Crippen molar-refractivity contribution in [2.45, 2.75) is 62.2 Å². The number of piperidine rings is 2. The molecule has 0 aliphatic carbocycles. The van der Waals surface area contributed by atoms with Gasteiger partial charge in [0.05, 0.1) is 21.9 Å². The molecule has 1 atom stereocenters. The molecule has 45 heavy (non-hydrogen) atoms. The summed E-state index contributed by atoms with van der Waals surface area (Å²) in [4.78, 5) is 34.3. The van der Waals surface area contributed by atoms with E-state index in [-0.39, 0.29) is 11.3 Å². The van der Waals surface area contributed by atoms with Gasteiger partial charge in [-0.15, -0.1) is 0 Å². The van der Waals surface area contributed by atoms with Gasteiger partial charge in [0.15, 0.2) is 0 Å². The monoisotopic (exact) mass is 665 g/mol. The van der Waals surface area contributed by atoms with Crippen LogP contribution in [0.5, 0.6) is 0 Å². The predicted octanol–water partition coefficient (Wildman–Crippen LogP) is 7.80. The van der Waals surface area contributed by atoms with Gasteiger partial charge in [-0.1, -0.05) is 83.3 Å². The average molecular weight is 667 g/mol. The number of hydrogen-bond acceptors (Lipinski definition) is 3. The van der Waals surface area contributed by atoms with Crippen molar-refractivity contribution in [2.75, 3.05) is 45.8 Å². The van der Waals surface area contributed by atoms with E-state index >= 15 is 0 Å². The van der Waals surface area contributed by atoms with Crippen LogP contribution < -0.4 is 0 Å². The highest BCUT2D eigenvalue weighted by atomic mass is 35.5. The number of carbonyl (C=O) groups excluding carboxylic acids is 2. The van der Waals surface area contributed by atoms with Crippen LogP contribution in [0.1, 0.15) is 61.6 Å². The van der Waals surface area contributed by atoms with Crippen LogP contribution in [0.3, 0.4) is 0 Å². The first-order valence-corrected chi connectivity index (χ1v) is 17.5. The largest absolute Gasteiger partial charge is 0.342 e. The Bertz CT molecular complexity index is 1500. The van der Waals surface area contributed by atoms with Gasteiger partial charge in [0.25, 0.3) is 0 Å². The molecule has 0 aromatic heterocycles. The zero-order valence-corrected chi connectivity index (χ0v) is 28.1. The molecular formula is C37H42Cl3N3O2. The Hall–Kier alpha value is -2.57. The third kappa shape index (κ3) is 7.07. The van der Waals surface area contributed by atoms with E-state index in [4.69, 9.17) is 34.8 Å². The van der Waals surface area contributed by atoms with E-state index in [1.165, 1.54) is 0 Å². The molecule has 3 fully saturated rings. The normalized spacial score (nSPS) is 22.0. The van der Waals surface area contributed by atoms with Gasteiger partial charge < -0.3 is 14.7 Å². The van der Waals surface area contributed by atoms with Crippen LogP contribution in [-0.2, 0) is 26.8 Å². The van der Waals surface area contributed by atoms with Crippen molar-refractivity contribution in [3.63, 3.8) is 0 Å². The summed E-state index contributed by atoms with van der Waals surface area (Å²) in [5.41, 5.74) is 2.51. The summed E-state index contributed by atoms with van der Waals surface area (Å²) in [6.45, 7) is 5.74. The molecule has 3 aromatic carbocycles. The first kappa shape index (κ1) is 32.4. The summed E-state index contributed by atoms with van der Waals surface area (Å²) in [6.07, 6.45) is 6.94. The Labute approximate surface area is 282 Å². The Morgan fingerprint density at radius 2 is 1.42 bits per heavy atom. The number of hydrogen-bond donors (Lipinski definition) is 0. The van der Waals surface area contributed by atoms with Gasteiger partial charge in [0.2, 0.25) is 11.8 Å². The van der Waals surface area contributed by atoms with Gasteiger partial charge in [-0.25, -0.2) is 0 Å². The lowest BCUT2D eigenvalue weighted by Gasteiger charge is -2.46. The highest BCUT2D eigenvalue weighted by molar-refractivity contribution is 6.42. The molecule has 3 aliphatic rings. The molecule has 3 aromatic rings. The van der Waals surface area contributed by atoms with E-state index < -0.39 is 5.41 Å². The Morgan fingerprint density at radius 3 is 2.13 bits per heavy atom. The second-order valence-electron chi connectivity index (χ2n) is 13.2. The number of nitrogens with zero attached hydrogens (tertiary/aromatic N) is 3. The van der Waals surface area contributed by atoms with Gasteiger partial charge in [-0.2, -0.15) is 0 Å². The van der Waals surface area contributed by atoms with Crippen LogP contribution in [0.25, 0.3) is 0 Å².